The van der Waals surface area contributed by atoms with E-state index in [4.69, 9.17) is 0 Å². The van der Waals surface area contributed by atoms with Crippen LogP contribution in [0.25, 0.3) is 0 Å². The van der Waals surface area contributed by atoms with E-state index in [0.717, 1.165) is 9.13 Å². The number of carbonyl (C=O) groups is 1. The molecule has 0 radical (unpaired) electrons. The number of carbonyl (C=O) groups excluding carboxylic acids is 1. The number of rotatable bonds is 2. The fraction of sp³-hybridized carbons (Fsp3) is 0.0833. The third kappa shape index (κ3) is 2.27. The molecule has 0 aliphatic heterocycles. The van der Waals surface area contributed by atoms with Crippen molar-refractivity contribution in [3.05, 3.63) is 57.4 Å². The molecule has 1 aromatic carbocycles. The highest BCUT2D eigenvalue weighted by Crippen LogP contribution is 2.16. The van der Waals surface area contributed by atoms with E-state index in [1.807, 2.05) is 37.3 Å². The van der Waals surface area contributed by atoms with Crippen LogP contribution in [0.5, 0.6) is 0 Å². The van der Waals surface area contributed by atoms with Crippen molar-refractivity contribution in [2.24, 2.45) is 0 Å². The predicted octanol–water partition coefficient (Wildman–Crippen LogP) is 2.79. The molecule has 0 saturated carbocycles. The molecule has 0 unspecified atom stereocenters. The average Bonchev–Trinajstić information content (AvgIpc) is 2.74. The third-order valence-electron chi connectivity index (χ3n) is 2.27. The van der Waals surface area contributed by atoms with E-state index in [9.17, 15) is 4.79 Å². The first-order valence-corrected chi connectivity index (χ1v) is 5.96. The van der Waals surface area contributed by atoms with E-state index in [-0.39, 0.29) is 5.91 Å². The molecule has 0 spiro atoms. The summed E-state index contributed by atoms with van der Waals surface area (Å²) in [4.78, 5) is 11.9. The Labute approximate surface area is 108 Å². The second-order valence-electron chi connectivity index (χ2n) is 3.47. The lowest BCUT2D eigenvalue weighted by Gasteiger charge is -2.08. The molecule has 0 aliphatic rings. The van der Waals surface area contributed by atoms with Crippen molar-refractivity contribution in [1.29, 1.82) is 0 Å². The lowest BCUT2D eigenvalue weighted by Crippen LogP contribution is -2.22. The molecule has 0 atom stereocenters. The molecule has 4 heteroatoms. The van der Waals surface area contributed by atoms with Gasteiger partial charge in [-0.3, -0.25) is 14.9 Å². The molecular weight excluding hydrogens is 315 g/mol. The zero-order chi connectivity index (χ0) is 11.5. The maximum Gasteiger partial charge on any atom is 0.271 e. The molecular formula is C12H11IN2O. The van der Waals surface area contributed by atoms with E-state index in [0.29, 0.717) is 5.56 Å². The van der Waals surface area contributed by atoms with E-state index in [1.54, 1.807) is 17.1 Å². The third-order valence-corrected chi connectivity index (χ3v) is 3.70. The summed E-state index contributed by atoms with van der Waals surface area (Å²) in [6, 6.07) is 9.44. The van der Waals surface area contributed by atoms with Gasteiger partial charge in [0, 0.05) is 16.0 Å². The molecule has 2 aromatic rings. The largest absolute Gasteiger partial charge is 0.271 e. The van der Waals surface area contributed by atoms with Crippen LogP contribution in [-0.2, 0) is 0 Å². The van der Waals surface area contributed by atoms with E-state index in [2.05, 4.69) is 28.0 Å². The monoisotopic (exact) mass is 326 g/mol. The number of nitrogens with one attached hydrogen (secondary N) is 1. The summed E-state index contributed by atoms with van der Waals surface area (Å²) in [7, 11) is 0. The number of hydrogen-bond donors (Lipinski definition) is 1. The summed E-state index contributed by atoms with van der Waals surface area (Å²) in [6.07, 6.45) is 3.58. The highest BCUT2D eigenvalue weighted by molar-refractivity contribution is 14.1. The van der Waals surface area contributed by atoms with E-state index < -0.39 is 0 Å². The molecule has 0 aliphatic carbocycles. The maximum atomic E-state index is 11.9. The molecule has 0 bridgehead atoms. The van der Waals surface area contributed by atoms with Gasteiger partial charge >= 0.3 is 0 Å². The van der Waals surface area contributed by atoms with Crippen molar-refractivity contribution in [2.45, 2.75) is 6.92 Å². The Morgan fingerprint density at radius 1 is 1.25 bits per heavy atom. The Balaban J connectivity index is 2.24. The zero-order valence-corrected chi connectivity index (χ0v) is 10.9. The average molecular weight is 326 g/mol. The topological polar surface area (TPSA) is 34.0 Å². The van der Waals surface area contributed by atoms with Crippen LogP contribution in [0.15, 0.2) is 42.7 Å². The first-order chi connectivity index (χ1) is 7.68. The first-order valence-electron chi connectivity index (χ1n) is 4.88. The van der Waals surface area contributed by atoms with Crippen molar-refractivity contribution in [3.63, 3.8) is 0 Å². The maximum absolute atomic E-state index is 11.9. The minimum atomic E-state index is -0.0932. The highest BCUT2D eigenvalue weighted by atomic mass is 127. The van der Waals surface area contributed by atoms with Crippen molar-refractivity contribution in [3.8, 4) is 0 Å². The van der Waals surface area contributed by atoms with E-state index >= 15 is 0 Å². The van der Waals surface area contributed by atoms with Crippen LogP contribution in [0, 0.1) is 10.5 Å². The fourth-order valence-corrected chi connectivity index (χ4v) is 2.01. The van der Waals surface area contributed by atoms with Crippen LogP contribution >= 0.6 is 22.6 Å². The van der Waals surface area contributed by atoms with Gasteiger partial charge in [-0.1, -0.05) is 12.1 Å². The smallest absolute Gasteiger partial charge is 0.268 e. The molecule has 1 aromatic heterocycles. The quantitative estimate of drug-likeness (QED) is 0.846. The molecule has 82 valence electrons. The summed E-state index contributed by atoms with van der Waals surface area (Å²) in [5, 5.41) is 0. The summed E-state index contributed by atoms with van der Waals surface area (Å²) in [5.74, 6) is -0.0932. The molecule has 16 heavy (non-hydrogen) atoms. The number of amides is 1. The number of aryl methyl sites for hydroxylation is 1. The minimum Gasteiger partial charge on any atom is -0.268 e. The second-order valence-corrected chi connectivity index (χ2v) is 4.55. The second kappa shape index (κ2) is 4.69. The predicted molar refractivity (Wildman–Crippen MR) is 72.0 cm³/mol. The lowest BCUT2D eigenvalue weighted by molar-refractivity contribution is 0.101. The molecule has 1 amide bonds. The Kier molecular flexibility index (Phi) is 3.28. The number of nitrogens with zero attached hydrogens (tertiary/aromatic N) is 1. The van der Waals surface area contributed by atoms with Crippen molar-refractivity contribution in [2.75, 3.05) is 5.43 Å². The number of hydrogen-bond acceptors (Lipinski definition) is 1. The molecule has 1 heterocycles. The van der Waals surface area contributed by atoms with Crippen molar-refractivity contribution in [1.82, 2.24) is 4.68 Å². The molecule has 1 N–H and O–H groups in total. The molecule has 3 nitrogen and oxygen atoms in total. The number of halogens is 1. The van der Waals surface area contributed by atoms with Gasteiger partial charge in [0.15, 0.2) is 0 Å². The van der Waals surface area contributed by atoms with Gasteiger partial charge in [-0.05, 0) is 53.3 Å². The summed E-state index contributed by atoms with van der Waals surface area (Å²) >= 11 is 2.19. The Hall–Kier alpha value is -1.30. The van der Waals surface area contributed by atoms with Crippen LogP contribution in [-0.4, -0.2) is 10.6 Å². The van der Waals surface area contributed by atoms with Gasteiger partial charge in [0.05, 0.1) is 5.56 Å². The van der Waals surface area contributed by atoms with Gasteiger partial charge < -0.3 is 0 Å². The minimum absolute atomic E-state index is 0.0932. The van der Waals surface area contributed by atoms with Crippen LogP contribution in [0.3, 0.4) is 0 Å². The normalized spacial score (nSPS) is 10.1. The summed E-state index contributed by atoms with van der Waals surface area (Å²) in [6.45, 7) is 1.99. The fourth-order valence-electron chi connectivity index (χ4n) is 1.41. The Morgan fingerprint density at radius 3 is 2.62 bits per heavy atom. The van der Waals surface area contributed by atoms with Crippen LogP contribution in [0.4, 0.5) is 0 Å². The molecule has 0 fully saturated rings. The zero-order valence-electron chi connectivity index (χ0n) is 8.77. The Morgan fingerprint density at radius 2 is 1.94 bits per heavy atom. The summed E-state index contributed by atoms with van der Waals surface area (Å²) < 4.78 is 2.63. The van der Waals surface area contributed by atoms with Gasteiger partial charge in [-0.25, -0.2) is 0 Å². The first kappa shape index (κ1) is 11.2. The molecule has 0 saturated heterocycles. The van der Waals surface area contributed by atoms with Crippen LogP contribution < -0.4 is 5.43 Å². The van der Waals surface area contributed by atoms with Crippen LogP contribution in [0.1, 0.15) is 15.9 Å². The number of aromatic nitrogens is 1. The van der Waals surface area contributed by atoms with Crippen LogP contribution in [0.2, 0.25) is 0 Å². The summed E-state index contributed by atoms with van der Waals surface area (Å²) in [5.41, 5.74) is 4.59. The van der Waals surface area contributed by atoms with Gasteiger partial charge in [0.2, 0.25) is 0 Å². The van der Waals surface area contributed by atoms with E-state index in [1.165, 1.54) is 0 Å². The van der Waals surface area contributed by atoms with Gasteiger partial charge in [0.1, 0.15) is 0 Å². The van der Waals surface area contributed by atoms with Gasteiger partial charge in [0.25, 0.3) is 5.91 Å². The van der Waals surface area contributed by atoms with Gasteiger partial charge in [-0.2, -0.15) is 0 Å². The van der Waals surface area contributed by atoms with Gasteiger partial charge in [-0.15, -0.1) is 0 Å². The highest BCUT2D eigenvalue weighted by Gasteiger charge is 2.10. The SMILES string of the molecule is Cc1cccc(C(=O)Nn2cccc2)c1I. The lowest BCUT2D eigenvalue weighted by atomic mass is 10.1. The molecule has 2 rings (SSSR count). The Bertz CT molecular complexity index is 506. The van der Waals surface area contributed by atoms with Crippen molar-refractivity contribution >= 4 is 28.5 Å². The number of benzene rings is 1. The standard InChI is InChI=1S/C12H11IN2O/c1-9-5-4-6-10(11(9)13)12(16)14-15-7-2-3-8-15/h2-8H,1H3,(H,14,16). The van der Waals surface area contributed by atoms with Crippen molar-refractivity contribution < 1.29 is 4.79 Å².